The first kappa shape index (κ1) is 8.11. The van der Waals surface area contributed by atoms with E-state index in [2.05, 4.69) is 24.3 Å². The van der Waals surface area contributed by atoms with Crippen molar-refractivity contribution in [2.24, 2.45) is 0 Å². The maximum atomic E-state index is 5.69. The van der Waals surface area contributed by atoms with Gasteiger partial charge in [0.05, 0.1) is 0 Å². The van der Waals surface area contributed by atoms with E-state index < -0.39 is 0 Å². The third-order valence-corrected chi connectivity index (χ3v) is 2.99. The minimum absolute atomic E-state index is 0.842. The number of hydrogen-bond acceptors (Lipinski definition) is 1. The van der Waals surface area contributed by atoms with E-state index in [0.717, 1.165) is 33.6 Å². The quantitative estimate of drug-likeness (QED) is 0.461. The van der Waals surface area contributed by atoms with E-state index in [9.17, 15) is 0 Å². The SMILES string of the molecule is Nc1ccc2[c]([Na])cccc2c1. The molecule has 0 radical (unpaired) electrons. The molecular weight excluding hydrogens is 157 g/mol. The second-order valence-electron chi connectivity index (χ2n) is 3.06. The number of fused-ring (bicyclic) bond motifs is 1. The van der Waals surface area contributed by atoms with Gasteiger partial charge in [0.15, 0.2) is 0 Å². The number of hydrogen-bond donors (Lipinski definition) is 1. The summed E-state index contributed by atoms with van der Waals surface area (Å²) < 4.78 is 1.44. The third kappa shape index (κ3) is 1.36. The van der Waals surface area contributed by atoms with Crippen molar-refractivity contribution in [1.29, 1.82) is 0 Å². The molecule has 0 saturated heterocycles. The van der Waals surface area contributed by atoms with Crippen molar-refractivity contribution in [3.8, 4) is 0 Å². The molecule has 0 aliphatic rings. The molecule has 0 aliphatic heterocycles. The monoisotopic (exact) mass is 165 g/mol. The molecule has 0 aliphatic carbocycles. The Hall–Kier alpha value is -0.500. The van der Waals surface area contributed by atoms with Gasteiger partial charge in [-0.1, -0.05) is 0 Å². The Kier molecular flexibility index (Phi) is 2.09. The Balaban J connectivity index is 2.86. The fourth-order valence-electron chi connectivity index (χ4n) is 1.46. The number of rotatable bonds is 0. The van der Waals surface area contributed by atoms with Crippen LogP contribution in [0, 0.1) is 0 Å². The second kappa shape index (κ2) is 3.09. The first-order valence-electron chi connectivity index (χ1n) is 4.02. The third-order valence-electron chi connectivity index (χ3n) is 2.12. The topological polar surface area (TPSA) is 26.0 Å². The molecule has 2 aromatic carbocycles. The first-order valence-corrected chi connectivity index (χ1v) is 5.02. The van der Waals surface area contributed by atoms with Crippen LogP contribution in [0.5, 0.6) is 0 Å². The summed E-state index contributed by atoms with van der Waals surface area (Å²) in [5.74, 6) is 0. The van der Waals surface area contributed by atoms with Crippen LogP contribution in [-0.4, -0.2) is 27.9 Å². The standard InChI is InChI=1S/C10H8N.Na/c11-10-6-5-8-3-1-2-4-9(8)7-10;/h1-2,4-7H,11H2;. The molecule has 0 heterocycles. The van der Waals surface area contributed by atoms with Crippen LogP contribution >= 0.6 is 0 Å². The molecule has 1 nitrogen and oxygen atoms in total. The average Bonchev–Trinajstić information content (AvgIpc) is 2.04. The molecule has 0 fully saturated rings. The second-order valence-corrected chi connectivity index (χ2v) is 4.13. The molecule has 0 unspecified atom stereocenters. The van der Waals surface area contributed by atoms with E-state index in [4.69, 9.17) is 5.73 Å². The van der Waals surface area contributed by atoms with Gasteiger partial charge in [-0.3, -0.25) is 0 Å². The Morgan fingerprint density at radius 2 is 1.92 bits per heavy atom. The van der Waals surface area contributed by atoms with Crippen LogP contribution in [0.25, 0.3) is 10.8 Å². The van der Waals surface area contributed by atoms with Gasteiger partial charge in [0.1, 0.15) is 0 Å². The molecule has 0 atom stereocenters. The van der Waals surface area contributed by atoms with E-state index in [-0.39, 0.29) is 0 Å². The molecule has 12 heavy (non-hydrogen) atoms. The predicted molar refractivity (Wildman–Crippen MR) is 53.7 cm³/mol. The van der Waals surface area contributed by atoms with Crippen molar-refractivity contribution in [2.75, 3.05) is 5.73 Å². The van der Waals surface area contributed by atoms with E-state index in [0.29, 0.717) is 0 Å². The Bertz CT molecular complexity index is 423. The molecular formula is C10H8NNa. The molecule has 2 rings (SSSR count). The first-order chi connectivity index (χ1) is 5.77. The van der Waals surface area contributed by atoms with E-state index >= 15 is 0 Å². The number of benzene rings is 2. The molecule has 0 aromatic heterocycles. The summed E-state index contributed by atoms with van der Waals surface area (Å²) in [6.07, 6.45) is 0. The van der Waals surface area contributed by atoms with Gasteiger partial charge in [-0.2, -0.15) is 0 Å². The molecule has 0 bridgehead atoms. The summed E-state index contributed by atoms with van der Waals surface area (Å²) in [5, 5.41) is 2.60. The molecule has 2 heteroatoms. The van der Waals surface area contributed by atoms with Crippen LogP contribution in [0.3, 0.4) is 0 Å². The average molecular weight is 165 g/mol. The van der Waals surface area contributed by atoms with Gasteiger partial charge in [0, 0.05) is 0 Å². The Labute approximate surface area is 89.0 Å². The number of nitrogens with two attached hydrogens (primary N) is 1. The fraction of sp³-hybridized carbons (Fsp3) is 0. The summed E-state index contributed by atoms with van der Waals surface area (Å²) in [6, 6.07) is 12.5. The van der Waals surface area contributed by atoms with Gasteiger partial charge >= 0.3 is 89.3 Å². The van der Waals surface area contributed by atoms with Crippen molar-refractivity contribution in [3.63, 3.8) is 0 Å². The van der Waals surface area contributed by atoms with Crippen molar-refractivity contribution >= 4 is 47.2 Å². The number of anilines is 1. The summed E-state index contributed by atoms with van der Waals surface area (Å²) in [4.78, 5) is 0. The van der Waals surface area contributed by atoms with Crippen LogP contribution in [0.2, 0.25) is 0 Å². The van der Waals surface area contributed by atoms with Crippen LogP contribution in [-0.2, 0) is 0 Å². The maximum absolute atomic E-state index is 5.69. The summed E-state index contributed by atoms with van der Waals surface area (Å²) in [7, 11) is 0. The van der Waals surface area contributed by atoms with Crippen LogP contribution in [0.4, 0.5) is 5.69 Å². The zero-order chi connectivity index (χ0) is 8.55. The normalized spacial score (nSPS) is 10.5. The Morgan fingerprint density at radius 1 is 1.08 bits per heavy atom. The summed E-state index contributed by atoms with van der Waals surface area (Å²) in [5.41, 5.74) is 6.53. The minimum atomic E-state index is 0.842. The molecule has 0 saturated carbocycles. The van der Waals surface area contributed by atoms with E-state index in [1.165, 1.54) is 13.6 Å². The van der Waals surface area contributed by atoms with Gasteiger partial charge < -0.3 is 0 Å². The number of nitrogen functional groups attached to an aromatic ring is 1. The molecule has 0 spiro atoms. The van der Waals surface area contributed by atoms with Crippen LogP contribution in [0.15, 0.2) is 36.4 Å². The zero-order valence-corrected chi connectivity index (χ0v) is 9.04. The molecule has 0 amide bonds. The van der Waals surface area contributed by atoms with Crippen molar-refractivity contribution in [1.82, 2.24) is 0 Å². The molecule has 2 N–H and O–H groups in total. The zero-order valence-electron chi connectivity index (χ0n) is 7.04. The van der Waals surface area contributed by atoms with Gasteiger partial charge in [-0.15, -0.1) is 0 Å². The van der Waals surface area contributed by atoms with E-state index in [1.54, 1.807) is 0 Å². The van der Waals surface area contributed by atoms with Gasteiger partial charge in [0.25, 0.3) is 0 Å². The van der Waals surface area contributed by atoms with Crippen molar-refractivity contribution in [3.05, 3.63) is 36.4 Å². The molecule has 2 aromatic rings. The van der Waals surface area contributed by atoms with Gasteiger partial charge in [0.2, 0.25) is 0 Å². The van der Waals surface area contributed by atoms with Gasteiger partial charge in [-0.05, 0) is 0 Å². The summed E-state index contributed by atoms with van der Waals surface area (Å²) in [6.45, 7) is 0. The van der Waals surface area contributed by atoms with Crippen molar-refractivity contribution in [2.45, 2.75) is 0 Å². The predicted octanol–water partition coefficient (Wildman–Crippen LogP) is 1.22. The van der Waals surface area contributed by atoms with Crippen LogP contribution < -0.4 is 8.55 Å². The summed E-state index contributed by atoms with van der Waals surface area (Å²) >= 11 is 1.09. The van der Waals surface area contributed by atoms with Crippen LogP contribution in [0.1, 0.15) is 0 Å². The Morgan fingerprint density at radius 3 is 2.75 bits per heavy atom. The van der Waals surface area contributed by atoms with Gasteiger partial charge in [-0.25, -0.2) is 0 Å². The molecule has 54 valence electrons. The van der Waals surface area contributed by atoms with Crippen molar-refractivity contribution < 1.29 is 0 Å². The fourth-order valence-corrected chi connectivity index (χ4v) is 2.11. The van der Waals surface area contributed by atoms with E-state index in [1.807, 2.05) is 12.1 Å².